The van der Waals surface area contributed by atoms with Crippen LogP contribution in [0.1, 0.15) is 23.8 Å². The Morgan fingerprint density at radius 2 is 2.31 bits per heavy atom. The first-order chi connectivity index (χ1) is 7.49. The van der Waals surface area contributed by atoms with E-state index in [1.807, 2.05) is 21.0 Å². The van der Waals surface area contributed by atoms with Crippen LogP contribution in [0.4, 0.5) is 0 Å². The highest BCUT2D eigenvalue weighted by Crippen LogP contribution is 2.10. The van der Waals surface area contributed by atoms with Crippen LogP contribution in [0.3, 0.4) is 0 Å². The molecule has 1 heterocycles. The Morgan fingerprint density at radius 1 is 1.62 bits per heavy atom. The Balaban J connectivity index is 2.39. The van der Waals surface area contributed by atoms with Crippen molar-refractivity contribution < 1.29 is 4.79 Å². The monoisotopic (exact) mass is 287 g/mol. The van der Waals surface area contributed by atoms with Crippen molar-refractivity contribution in [2.45, 2.75) is 19.4 Å². The molecule has 5 heteroatoms. The van der Waals surface area contributed by atoms with Crippen molar-refractivity contribution >= 4 is 21.8 Å². The number of nitrogens with zero attached hydrogens (tertiary/aromatic N) is 1. The number of nitrogens with one attached hydrogen (secondary N) is 2. The highest BCUT2D eigenvalue weighted by Gasteiger charge is 2.11. The lowest BCUT2D eigenvalue weighted by molar-refractivity contribution is 0.0932. The van der Waals surface area contributed by atoms with Crippen LogP contribution in [0.15, 0.2) is 16.7 Å². The predicted molar refractivity (Wildman–Crippen MR) is 68.6 cm³/mol. The summed E-state index contributed by atoms with van der Waals surface area (Å²) in [5.41, 5.74) is 0.587. The Labute approximate surface area is 105 Å². The van der Waals surface area contributed by atoms with Gasteiger partial charge in [0.2, 0.25) is 0 Å². The number of hydrogen-bond acceptors (Lipinski definition) is 2. The van der Waals surface area contributed by atoms with Crippen molar-refractivity contribution in [3.63, 3.8) is 0 Å². The molecule has 1 atom stereocenters. The van der Waals surface area contributed by atoms with Gasteiger partial charge in [-0.15, -0.1) is 0 Å². The summed E-state index contributed by atoms with van der Waals surface area (Å²) in [6, 6.07) is 1.95. The first kappa shape index (κ1) is 13.3. The summed E-state index contributed by atoms with van der Waals surface area (Å²) in [5.74, 6) is -0.0584. The molecular weight excluding hydrogens is 270 g/mol. The second-order valence-corrected chi connectivity index (χ2v) is 5.11. The molecule has 0 saturated heterocycles. The van der Waals surface area contributed by atoms with Gasteiger partial charge < -0.3 is 15.2 Å². The van der Waals surface area contributed by atoms with Crippen molar-refractivity contribution in [3.8, 4) is 0 Å². The van der Waals surface area contributed by atoms with Crippen LogP contribution in [-0.2, 0) is 0 Å². The SMILES string of the molecule is CC(CCN(C)C)NC(=O)c1cc(Br)c[nH]1. The maximum atomic E-state index is 11.7. The van der Waals surface area contributed by atoms with Crippen molar-refractivity contribution in [1.29, 1.82) is 0 Å². The second kappa shape index (κ2) is 6.06. The molecule has 0 aromatic carbocycles. The third-order valence-corrected chi connectivity index (χ3v) is 2.74. The quantitative estimate of drug-likeness (QED) is 0.868. The maximum Gasteiger partial charge on any atom is 0.267 e. The minimum absolute atomic E-state index is 0.0584. The van der Waals surface area contributed by atoms with Crippen LogP contribution >= 0.6 is 15.9 Å². The van der Waals surface area contributed by atoms with E-state index in [1.54, 1.807) is 12.3 Å². The van der Waals surface area contributed by atoms with Crippen molar-refractivity contribution in [1.82, 2.24) is 15.2 Å². The molecular formula is C11H18BrN3O. The summed E-state index contributed by atoms with van der Waals surface area (Å²) >= 11 is 3.30. The minimum atomic E-state index is -0.0584. The van der Waals surface area contributed by atoms with E-state index >= 15 is 0 Å². The molecule has 0 bridgehead atoms. The molecule has 0 spiro atoms. The molecule has 1 amide bonds. The summed E-state index contributed by atoms with van der Waals surface area (Å²) in [6.45, 7) is 2.98. The number of aromatic nitrogens is 1. The molecule has 0 aliphatic heterocycles. The fourth-order valence-electron chi connectivity index (χ4n) is 1.32. The molecule has 1 rings (SSSR count). The van der Waals surface area contributed by atoms with Gasteiger partial charge in [-0.1, -0.05) is 0 Å². The molecule has 0 radical (unpaired) electrons. The topological polar surface area (TPSA) is 48.1 Å². The van der Waals surface area contributed by atoms with Gasteiger partial charge in [0.05, 0.1) is 0 Å². The number of aromatic amines is 1. The van der Waals surface area contributed by atoms with Gasteiger partial charge in [-0.2, -0.15) is 0 Å². The number of carbonyl (C=O) groups is 1. The lowest BCUT2D eigenvalue weighted by Crippen LogP contribution is -2.34. The lowest BCUT2D eigenvalue weighted by atomic mass is 10.2. The molecule has 0 fully saturated rings. The third-order valence-electron chi connectivity index (χ3n) is 2.28. The van der Waals surface area contributed by atoms with Gasteiger partial charge in [0.25, 0.3) is 5.91 Å². The minimum Gasteiger partial charge on any atom is -0.356 e. The van der Waals surface area contributed by atoms with Gasteiger partial charge in [-0.3, -0.25) is 4.79 Å². The highest BCUT2D eigenvalue weighted by molar-refractivity contribution is 9.10. The molecule has 90 valence electrons. The molecule has 0 aliphatic carbocycles. The van der Waals surface area contributed by atoms with Crippen LogP contribution in [0, 0.1) is 0 Å². The maximum absolute atomic E-state index is 11.7. The van der Waals surface area contributed by atoms with Crippen LogP contribution in [0.2, 0.25) is 0 Å². The van der Waals surface area contributed by atoms with Crippen LogP contribution in [0.5, 0.6) is 0 Å². The second-order valence-electron chi connectivity index (χ2n) is 4.20. The first-order valence-corrected chi connectivity index (χ1v) is 6.08. The number of H-pyrrole nitrogens is 1. The molecule has 4 nitrogen and oxygen atoms in total. The van der Waals surface area contributed by atoms with Crippen LogP contribution < -0.4 is 5.32 Å². The average Bonchev–Trinajstić information content (AvgIpc) is 2.62. The van der Waals surface area contributed by atoms with Crippen molar-refractivity contribution in [2.75, 3.05) is 20.6 Å². The molecule has 0 saturated carbocycles. The van der Waals surface area contributed by atoms with E-state index in [4.69, 9.17) is 0 Å². The average molecular weight is 288 g/mol. The number of hydrogen-bond donors (Lipinski definition) is 2. The van der Waals surface area contributed by atoms with E-state index < -0.39 is 0 Å². The summed E-state index contributed by atoms with van der Waals surface area (Å²) in [7, 11) is 4.05. The Hall–Kier alpha value is -0.810. The van der Waals surface area contributed by atoms with Crippen molar-refractivity contribution in [2.24, 2.45) is 0 Å². The van der Waals surface area contributed by atoms with Gasteiger partial charge in [-0.25, -0.2) is 0 Å². The largest absolute Gasteiger partial charge is 0.356 e. The van der Waals surface area contributed by atoms with E-state index in [9.17, 15) is 4.79 Å². The van der Waals surface area contributed by atoms with E-state index in [0.717, 1.165) is 17.4 Å². The summed E-state index contributed by atoms with van der Waals surface area (Å²) in [5, 5.41) is 2.95. The highest BCUT2D eigenvalue weighted by atomic mass is 79.9. The summed E-state index contributed by atoms with van der Waals surface area (Å²) < 4.78 is 0.888. The standard InChI is InChI=1S/C11H18BrN3O/c1-8(4-5-15(2)3)14-11(16)10-6-9(12)7-13-10/h6-8,13H,4-5H2,1-3H3,(H,14,16). The Bertz CT molecular complexity index is 349. The molecule has 1 aromatic heterocycles. The zero-order chi connectivity index (χ0) is 12.1. The summed E-state index contributed by atoms with van der Waals surface area (Å²) in [6.07, 6.45) is 2.69. The molecule has 1 aromatic rings. The van der Waals surface area contributed by atoms with Crippen molar-refractivity contribution in [3.05, 3.63) is 22.4 Å². The zero-order valence-electron chi connectivity index (χ0n) is 9.88. The summed E-state index contributed by atoms with van der Waals surface area (Å²) in [4.78, 5) is 16.7. The van der Waals surface area contributed by atoms with Gasteiger partial charge in [0, 0.05) is 16.7 Å². The fraction of sp³-hybridized carbons (Fsp3) is 0.545. The third kappa shape index (κ3) is 4.37. The smallest absolute Gasteiger partial charge is 0.267 e. The molecule has 2 N–H and O–H groups in total. The predicted octanol–water partition coefficient (Wildman–Crippen LogP) is 1.85. The van der Waals surface area contributed by atoms with Gasteiger partial charge in [0.15, 0.2) is 0 Å². The number of amides is 1. The molecule has 0 aliphatic rings. The van der Waals surface area contributed by atoms with Crippen LogP contribution in [-0.4, -0.2) is 42.5 Å². The molecule has 16 heavy (non-hydrogen) atoms. The van der Waals surface area contributed by atoms with Gasteiger partial charge in [0.1, 0.15) is 5.69 Å². The van der Waals surface area contributed by atoms with E-state index in [-0.39, 0.29) is 11.9 Å². The Morgan fingerprint density at radius 3 is 2.81 bits per heavy atom. The van der Waals surface area contributed by atoms with E-state index in [1.165, 1.54) is 0 Å². The first-order valence-electron chi connectivity index (χ1n) is 5.28. The van der Waals surface area contributed by atoms with E-state index in [0.29, 0.717) is 5.69 Å². The fourth-order valence-corrected chi connectivity index (χ4v) is 1.67. The lowest BCUT2D eigenvalue weighted by Gasteiger charge is -2.16. The number of carbonyl (C=O) groups excluding carboxylic acids is 1. The van der Waals surface area contributed by atoms with Gasteiger partial charge in [-0.05, 0) is 56.0 Å². The number of rotatable bonds is 5. The molecule has 1 unspecified atom stereocenters. The normalized spacial score (nSPS) is 12.8. The van der Waals surface area contributed by atoms with Crippen LogP contribution in [0.25, 0.3) is 0 Å². The zero-order valence-corrected chi connectivity index (χ0v) is 11.5. The van der Waals surface area contributed by atoms with E-state index in [2.05, 4.69) is 31.1 Å². The van der Waals surface area contributed by atoms with Gasteiger partial charge >= 0.3 is 0 Å². The Kier molecular flexibility index (Phi) is 5.02. The number of halogens is 1.